The van der Waals surface area contributed by atoms with Crippen molar-refractivity contribution in [2.24, 2.45) is 7.05 Å². The topological polar surface area (TPSA) is 89.9 Å². The van der Waals surface area contributed by atoms with Gasteiger partial charge in [-0.3, -0.25) is 4.09 Å². The van der Waals surface area contributed by atoms with E-state index in [4.69, 9.17) is 11.8 Å². The molecule has 0 saturated heterocycles. The minimum absolute atomic E-state index is 0. The molecule has 8 heteroatoms. The van der Waals surface area contributed by atoms with Gasteiger partial charge in [-0.1, -0.05) is 0 Å². The second kappa shape index (κ2) is 5.50. The van der Waals surface area contributed by atoms with Gasteiger partial charge in [-0.05, 0) is 18.8 Å². The Balaban J connectivity index is 0. The van der Waals surface area contributed by atoms with Gasteiger partial charge in [0, 0.05) is 6.33 Å². The molecule has 0 aliphatic heterocycles. The Morgan fingerprint density at radius 1 is 1.50 bits per heavy atom. The van der Waals surface area contributed by atoms with Gasteiger partial charge in [0.25, 0.3) is 0 Å². The Bertz CT molecular complexity index is 359. The summed E-state index contributed by atoms with van der Waals surface area (Å²) >= 11 is 5.17. The minimum Gasteiger partial charge on any atom is -0.457 e. The molecule has 0 radical (unpaired) electrons. The third-order valence-corrected chi connectivity index (χ3v) is 1.21. The second-order valence-electron chi connectivity index (χ2n) is 1.62. The predicted molar refractivity (Wildman–Crippen MR) is 38.7 cm³/mol. The van der Waals surface area contributed by atoms with Crippen molar-refractivity contribution in [2.75, 3.05) is 0 Å². The zero-order chi connectivity index (χ0) is 7.72. The van der Waals surface area contributed by atoms with E-state index < -0.39 is 11.4 Å². The molecule has 0 atom stereocenters. The van der Waals surface area contributed by atoms with E-state index in [2.05, 4.69) is 11.3 Å². The zero-order valence-electron chi connectivity index (χ0n) is 6.61. The smallest absolute Gasteiger partial charge is 0.457 e. The average molecular weight is 203 g/mol. The standard InChI is InChI=1S/C4H3ClN3O2.Na.H2O/c1-7-2-6-3(9)8(5)4(7)10;;/h1H3;;1H2/q-1;+1;/p+1. The summed E-state index contributed by atoms with van der Waals surface area (Å²) in [6.45, 7) is 0. The maximum absolute atomic E-state index is 10.7. The van der Waals surface area contributed by atoms with Gasteiger partial charge in [0.05, 0.1) is 0 Å². The molecule has 3 N–H and O–H groups in total. The Hall–Kier alpha value is -0.140. The normalized spacial score (nSPS) is 8.17. The van der Waals surface area contributed by atoms with E-state index in [1.165, 1.54) is 7.05 Å². The number of nitrogens with zero attached hydrogens (tertiary/aromatic N) is 3. The SMILES string of the molecule is Cn1[c-]nc(=O)n(Cl)c1=O.[Na+].[OH3+]. The summed E-state index contributed by atoms with van der Waals surface area (Å²) < 4.78 is 1.37. The molecule has 1 aromatic rings. The van der Waals surface area contributed by atoms with Crippen molar-refractivity contribution in [3.05, 3.63) is 27.3 Å². The zero-order valence-corrected chi connectivity index (χ0v) is 9.37. The first-order valence-corrected chi connectivity index (χ1v) is 2.70. The number of rotatable bonds is 0. The van der Waals surface area contributed by atoms with Crippen LogP contribution in [-0.4, -0.2) is 13.6 Å². The third kappa shape index (κ3) is 2.72. The van der Waals surface area contributed by atoms with Gasteiger partial charge in [0.1, 0.15) is 0 Å². The molecule has 1 aromatic heterocycles. The molecular weight excluding hydrogens is 197 g/mol. The number of halogens is 1. The van der Waals surface area contributed by atoms with Crippen LogP contribution in [0.4, 0.5) is 0 Å². The van der Waals surface area contributed by atoms with Gasteiger partial charge in [0.15, 0.2) is 0 Å². The summed E-state index contributed by atoms with van der Waals surface area (Å²) in [7, 11) is 1.40. The summed E-state index contributed by atoms with van der Waals surface area (Å²) in [6.07, 6.45) is 2.15. The van der Waals surface area contributed by atoms with Crippen molar-refractivity contribution < 1.29 is 35.0 Å². The summed E-state index contributed by atoms with van der Waals surface area (Å²) in [5.74, 6) is 0. The van der Waals surface area contributed by atoms with E-state index in [1.54, 1.807) is 0 Å². The first-order valence-electron chi connectivity index (χ1n) is 2.37. The predicted octanol–water partition coefficient (Wildman–Crippen LogP) is -5.17. The third-order valence-electron chi connectivity index (χ3n) is 0.918. The number of hydrogen-bond acceptors (Lipinski definition) is 3. The van der Waals surface area contributed by atoms with Gasteiger partial charge >= 0.3 is 29.6 Å². The van der Waals surface area contributed by atoms with Gasteiger partial charge in [0.2, 0.25) is 11.4 Å². The van der Waals surface area contributed by atoms with Crippen LogP contribution in [0.3, 0.4) is 0 Å². The summed E-state index contributed by atoms with van der Waals surface area (Å²) in [5.41, 5.74) is -1.47. The van der Waals surface area contributed by atoms with Crippen molar-refractivity contribution in [3.63, 3.8) is 0 Å². The van der Waals surface area contributed by atoms with Gasteiger partial charge < -0.3 is 24.6 Å². The molecule has 0 fully saturated rings. The van der Waals surface area contributed by atoms with Crippen LogP contribution in [0.5, 0.6) is 0 Å². The molecule has 0 aliphatic rings. The first-order chi connectivity index (χ1) is 4.63. The maximum Gasteiger partial charge on any atom is 1.00 e. The number of aryl methyl sites for hydroxylation is 1. The van der Waals surface area contributed by atoms with E-state index in [9.17, 15) is 9.59 Å². The van der Waals surface area contributed by atoms with E-state index in [-0.39, 0.29) is 35.0 Å². The van der Waals surface area contributed by atoms with Crippen LogP contribution in [-0.2, 0) is 12.5 Å². The Morgan fingerprint density at radius 2 is 2.00 bits per heavy atom. The molecule has 0 aromatic carbocycles. The van der Waals surface area contributed by atoms with Crippen LogP contribution >= 0.6 is 11.8 Å². The average Bonchev–Trinajstić information content (AvgIpc) is 1.93. The van der Waals surface area contributed by atoms with Crippen molar-refractivity contribution in [1.29, 1.82) is 0 Å². The van der Waals surface area contributed by atoms with Crippen LogP contribution in [0.15, 0.2) is 9.59 Å². The molecular formula is C4H6ClN3NaO3+. The molecule has 0 spiro atoms. The molecule has 1 rings (SSSR count). The van der Waals surface area contributed by atoms with Gasteiger partial charge in [-0.15, -0.1) is 0 Å². The fourth-order valence-electron chi connectivity index (χ4n) is 0.418. The van der Waals surface area contributed by atoms with Crippen LogP contribution in [0, 0.1) is 6.33 Å². The Kier molecular flexibility index (Phi) is 6.59. The molecule has 12 heavy (non-hydrogen) atoms. The molecule has 62 valence electrons. The van der Waals surface area contributed by atoms with E-state index in [0.29, 0.717) is 4.09 Å². The van der Waals surface area contributed by atoms with Gasteiger partial charge in [-0.25, -0.2) is 0 Å². The first kappa shape index (κ1) is 14.4. The summed E-state index contributed by atoms with van der Waals surface area (Å²) in [4.78, 5) is 24.3. The minimum atomic E-state index is -0.815. The Labute approximate surface area is 94.5 Å². The van der Waals surface area contributed by atoms with E-state index in [0.717, 1.165) is 4.57 Å². The molecule has 0 aliphatic carbocycles. The quantitative estimate of drug-likeness (QED) is 0.239. The fraction of sp³-hybridized carbons (Fsp3) is 0.250. The van der Waals surface area contributed by atoms with Crippen molar-refractivity contribution >= 4 is 11.8 Å². The molecule has 0 bridgehead atoms. The molecule has 0 amide bonds. The molecule has 6 nitrogen and oxygen atoms in total. The van der Waals surface area contributed by atoms with Crippen molar-refractivity contribution in [1.82, 2.24) is 13.6 Å². The summed E-state index contributed by atoms with van der Waals surface area (Å²) in [5, 5.41) is 0. The second-order valence-corrected chi connectivity index (χ2v) is 1.95. The number of hydrogen-bond donors (Lipinski definition) is 0. The van der Waals surface area contributed by atoms with Crippen molar-refractivity contribution in [3.8, 4) is 0 Å². The fourth-order valence-corrected chi connectivity index (χ4v) is 0.569. The van der Waals surface area contributed by atoms with Gasteiger partial charge in [-0.2, -0.15) is 0 Å². The van der Waals surface area contributed by atoms with E-state index in [1.807, 2.05) is 0 Å². The Morgan fingerprint density at radius 3 is 2.42 bits per heavy atom. The molecule has 0 saturated carbocycles. The summed E-state index contributed by atoms with van der Waals surface area (Å²) in [6, 6.07) is 0. The monoisotopic (exact) mass is 202 g/mol. The largest absolute Gasteiger partial charge is 1.00 e. The number of aromatic nitrogens is 3. The van der Waals surface area contributed by atoms with E-state index >= 15 is 0 Å². The molecule has 1 heterocycles. The van der Waals surface area contributed by atoms with Crippen molar-refractivity contribution in [2.45, 2.75) is 0 Å². The van der Waals surface area contributed by atoms with Crippen LogP contribution in [0.2, 0.25) is 0 Å². The maximum atomic E-state index is 10.7. The van der Waals surface area contributed by atoms with Crippen LogP contribution in [0.1, 0.15) is 0 Å². The van der Waals surface area contributed by atoms with Crippen LogP contribution in [0.25, 0.3) is 0 Å². The molecule has 0 unspecified atom stereocenters. The van der Waals surface area contributed by atoms with Crippen LogP contribution < -0.4 is 40.9 Å².